The third-order valence-electron chi connectivity index (χ3n) is 19.4. The normalized spacial score (nSPS) is 12.6. The van der Waals surface area contributed by atoms with Gasteiger partial charge in [-0.2, -0.15) is 0 Å². The van der Waals surface area contributed by atoms with Crippen LogP contribution in [0.25, 0.3) is 0 Å². The first-order chi connectivity index (χ1) is 44.5. The van der Waals surface area contributed by atoms with Crippen LogP contribution in [0, 0.1) is 40.9 Å². The van der Waals surface area contributed by atoms with Gasteiger partial charge in [-0.25, -0.2) is 0 Å². The van der Waals surface area contributed by atoms with Gasteiger partial charge in [0.1, 0.15) is 0 Å². The summed E-state index contributed by atoms with van der Waals surface area (Å²) in [5, 5.41) is 0. The maximum absolute atomic E-state index is 3.70. The van der Waals surface area contributed by atoms with Crippen molar-refractivity contribution >= 4 is 0 Å². The summed E-state index contributed by atoms with van der Waals surface area (Å²) in [6.45, 7) is 57.7. The molecule has 0 saturated carbocycles. The van der Waals surface area contributed by atoms with Crippen molar-refractivity contribution in [2.24, 2.45) is 40.9 Å². The fourth-order valence-electron chi connectivity index (χ4n) is 11.8. The molecule has 0 bridgehead atoms. The van der Waals surface area contributed by atoms with Crippen molar-refractivity contribution in [2.75, 3.05) is 0 Å². The van der Waals surface area contributed by atoms with Crippen LogP contribution in [-0.4, -0.2) is 0 Å². The smallest absolute Gasteiger partial charge is 0.0319 e. The first kappa shape index (κ1) is 107. The van der Waals surface area contributed by atoms with Crippen LogP contribution in [0.5, 0.6) is 0 Å². The lowest BCUT2D eigenvalue weighted by Gasteiger charge is -2.27. The zero-order chi connectivity index (χ0) is 71.1. The highest BCUT2D eigenvalue weighted by Gasteiger charge is 2.19. The lowest BCUT2D eigenvalue weighted by atomic mass is 9.79. The van der Waals surface area contributed by atoms with Crippen LogP contribution in [0.4, 0.5) is 0 Å². The Morgan fingerprint density at radius 1 is 0.261 bits per heavy atom. The molecule has 0 amide bonds. The van der Waals surface area contributed by atoms with Crippen molar-refractivity contribution in [1.82, 2.24) is 0 Å². The van der Waals surface area contributed by atoms with Gasteiger partial charge in [0.05, 0.1) is 0 Å². The predicted octanol–water partition coefficient (Wildman–Crippen LogP) is 36.0. The molecule has 0 saturated heterocycles. The Bertz CT molecular complexity index is 1220. The summed E-state index contributed by atoms with van der Waals surface area (Å²) >= 11 is 0. The third kappa shape index (κ3) is 110. The van der Waals surface area contributed by atoms with Gasteiger partial charge < -0.3 is 0 Å². The first-order valence-electron chi connectivity index (χ1n) is 43.1. The van der Waals surface area contributed by atoms with E-state index in [2.05, 4.69) is 190 Å². The molecular weight excluding hydrogens is 1110 g/mol. The molecule has 0 aromatic rings. The van der Waals surface area contributed by atoms with Crippen molar-refractivity contribution in [1.29, 1.82) is 0 Å². The Morgan fingerprint density at radius 3 is 0.837 bits per heavy atom. The fraction of sp³-hybridized carbons (Fsp3) is 0.913. The molecule has 0 nitrogen and oxygen atoms in total. The highest BCUT2D eigenvalue weighted by Crippen LogP contribution is 2.31. The van der Waals surface area contributed by atoms with Gasteiger partial charge in [-0.3, -0.25) is 0 Å². The molecule has 0 aliphatic rings. The third-order valence-corrected chi connectivity index (χ3v) is 19.4. The summed E-state index contributed by atoms with van der Waals surface area (Å²) in [5.41, 5.74) is 0.574. The topological polar surface area (TPSA) is 0 Å². The van der Waals surface area contributed by atoms with Gasteiger partial charge in [0, 0.05) is 0 Å². The van der Waals surface area contributed by atoms with E-state index in [1.54, 1.807) is 0 Å². The molecule has 0 N–H and O–H groups in total. The van der Waals surface area contributed by atoms with E-state index < -0.39 is 0 Å². The van der Waals surface area contributed by atoms with Gasteiger partial charge in [0.2, 0.25) is 0 Å². The zero-order valence-corrected chi connectivity index (χ0v) is 69.7. The van der Waals surface area contributed by atoms with Crippen molar-refractivity contribution in [3.05, 3.63) is 49.6 Å². The minimum absolute atomic E-state index is 0.574. The van der Waals surface area contributed by atoms with Crippen molar-refractivity contribution in [2.45, 2.75) is 505 Å². The summed E-state index contributed by atoms with van der Waals surface area (Å²) in [5.74, 6) is 5.54. The Hall–Kier alpha value is -1.04. The molecular formula is C92H192. The standard InChI is InChI=1S/C21H44.C17H36.C15H28.C11H24.C9H20.C9H16.C6H14.C4H10/c1-4-7-9-11-13-14-16-18-20-21(6-3)19-17-15-12-10-8-5-2;1-4-7-9-11-12-14-16-17(6-3)15-13-10-8-5-2;1-4-7-9-10-12-14-15(6-3)13-11-8-5-2;1-6-8-11(4,5)9-10(3)7-2;1-4-6-7-8-9(3)5-2;1-4-7-9(6-3)8-5-2;1-3-5-6-4-2;1-3-4-2/h21H,4-20H2,1-3H3;17H,4-16H2,1-3H3;8,10-12,15H,4-7,9,13-14H2,1-3H3;10H,6-9H2,1-5H3;9H,4-8H2,1-3H3;4-5,9H,1-2,6-8H2,3H3;3-6H2,1-2H3;3-4H2,1-2H3/b;;11-8+,12-10+;;;;;. The molecule has 0 radical (unpaired) electrons. The zero-order valence-electron chi connectivity index (χ0n) is 69.7. The highest BCUT2D eigenvalue weighted by atomic mass is 14.2. The van der Waals surface area contributed by atoms with Gasteiger partial charge in [-0.15, -0.1) is 13.2 Å². The quantitative estimate of drug-likeness (QED) is 0.0421. The largest absolute Gasteiger partial charge is 0.103 e. The average molecular weight is 1300 g/mol. The summed E-state index contributed by atoms with van der Waals surface area (Å²) in [4.78, 5) is 0. The van der Waals surface area contributed by atoms with E-state index in [4.69, 9.17) is 0 Å². The van der Waals surface area contributed by atoms with Gasteiger partial charge in [-0.05, 0) is 92.3 Å². The van der Waals surface area contributed by atoms with Crippen LogP contribution in [-0.2, 0) is 0 Å². The molecule has 0 fully saturated rings. The maximum Gasteiger partial charge on any atom is -0.0319 e. The Balaban J connectivity index is -0.000000152. The molecule has 560 valence electrons. The van der Waals surface area contributed by atoms with Crippen LogP contribution >= 0.6 is 0 Å². The molecule has 5 atom stereocenters. The minimum atomic E-state index is 0.574. The van der Waals surface area contributed by atoms with Gasteiger partial charge in [-0.1, -0.05) is 491 Å². The summed E-state index contributed by atoms with van der Waals surface area (Å²) < 4.78 is 0. The monoisotopic (exact) mass is 1300 g/mol. The van der Waals surface area contributed by atoms with E-state index in [-0.39, 0.29) is 0 Å². The average Bonchev–Trinajstić information content (AvgIpc) is 3.78. The van der Waals surface area contributed by atoms with E-state index >= 15 is 0 Å². The molecule has 0 aromatic carbocycles. The lowest BCUT2D eigenvalue weighted by molar-refractivity contribution is 0.251. The first-order valence-corrected chi connectivity index (χ1v) is 43.1. The molecule has 92 heavy (non-hydrogen) atoms. The fourth-order valence-corrected chi connectivity index (χ4v) is 11.8. The number of hydrogen-bond acceptors (Lipinski definition) is 0. The number of unbranched alkanes of at least 4 members (excludes halogenated alkanes) is 28. The lowest BCUT2D eigenvalue weighted by Crippen LogP contribution is -2.14. The maximum atomic E-state index is 3.70. The number of rotatable bonds is 58. The van der Waals surface area contributed by atoms with E-state index in [1.807, 2.05) is 12.2 Å². The molecule has 0 heteroatoms. The summed E-state index contributed by atoms with van der Waals surface area (Å²) in [7, 11) is 0. The Morgan fingerprint density at radius 2 is 0.543 bits per heavy atom. The Kier molecular flexibility index (Phi) is 117. The van der Waals surface area contributed by atoms with Crippen LogP contribution in [0.15, 0.2) is 49.6 Å². The van der Waals surface area contributed by atoms with Crippen molar-refractivity contribution < 1.29 is 0 Å². The van der Waals surface area contributed by atoms with Crippen LogP contribution in [0.2, 0.25) is 0 Å². The van der Waals surface area contributed by atoms with Crippen molar-refractivity contribution in [3.63, 3.8) is 0 Å². The van der Waals surface area contributed by atoms with Crippen molar-refractivity contribution in [3.8, 4) is 0 Å². The van der Waals surface area contributed by atoms with Gasteiger partial charge in [0.25, 0.3) is 0 Å². The number of hydrogen-bond donors (Lipinski definition) is 0. The number of allylic oxidation sites excluding steroid dienone is 6. The molecule has 0 aliphatic carbocycles. The van der Waals surface area contributed by atoms with Crippen LogP contribution in [0.1, 0.15) is 505 Å². The summed E-state index contributed by atoms with van der Waals surface area (Å²) in [6, 6.07) is 0. The molecule has 0 spiro atoms. The van der Waals surface area contributed by atoms with E-state index in [0.717, 1.165) is 48.3 Å². The Labute approximate surface area is 592 Å². The second-order valence-corrected chi connectivity index (χ2v) is 29.7. The van der Waals surface area contributed by atoms with E-state index in [1.165, 1.54) is 340 Å². The van der Waals surface area contributed by atoms with Crippen LogP contribution < -0.4 is 0 Å². The molecule has 0 rings (SSSR count). The van der Waals surface area contributed by atoms with E-state index in [0.29, 0.717) is 5.41 Å². The second kappa shape index (κ2) is 101. The highest BCUT2D eigenvalue weighted by molar-refractivity contribution is 4.88. The molecule has 0 heterocycles. The molecule has 0 aromatic heterocycles. The molecule has 0 aliphatic heterocycles. The summed E-state index contributed by atoms with van der Waals surface area (Å²) in [6.07, 6.45) is 89.9. The SMILES string of the molecule is C=CCC(CC)CC=C.CC/C=C/CC(CC)C/C=C/CCCC.CCCC.CCCC(C)(C)CC(C)CC.CCCCCC.CCCCCC(C)CC.CCCCCCCCC(CC)CCCCCC.CCCCCCCCCCC(CC)CCCCCCCC. The second-order valence-electron chi connectivity index (χ2n) is 29.7. The predicted molar refractivity (Wildman–Crippen MR) is 441 cm³/mol. The van der Waals surface area contributed by atoms with E-state index in [9.17, 15) is 0 Å². The molecule has 5 unspecified atom stereocenters. The van der Waals surface area contributed by atoms with Gasteiger partial charge in [0.15, 0.2) is 0 Å². The minimum Gasteiger partial charge on any atom is -0.103 e. The van der Waals surface area contributed by atoms with Crippen LogP contribution in [0.3, 0.4) is 0 Å². The van der Waals surface area contributed by atoms with Gasteiger partial charge >= 0.3 is 0 Å².